The number of nitrogens with one attached hydrogen (secondary N) is 1. The van der Waals surface area contributed by atoms with Gasteiger partial charge in [-0.05, 0) is 19.2 Å². The fraction of sp³-hybridized carbons (Fsp3) is 0.500. The Balaban J connectivity index is 0.000000481. The minimum Gasteiger partial charge on any atom is -0.478 e. The Kier molecular flexibility index (Phi) is 11.3. The average molecular weight is 375 g/mol. The lowest BCUT2D eigenvalue weighted by atomic mass is 10.0. The highest BCUT2D eigenvalue weighted by Crippen LogP contribution is 2.17. The zero-order chi connectivity index (χ0) is 20.3. The van der Waals surface area contributed by atoms with Crippen LogP contribution >= 0.6 is 0 Å². The molecule has 1 rings (SSSR count). The normalized spacial score (nSPS) is 15.0. The molecule has 0 heterocycles. The molecule has 0 bridgehead atoms. The van der Waals surface area contributed by atoms with E-state index in [1.54, 1.807) is 19.2 Å². The van der Waals surface area contributed by atoms with Crippen LogP contribution in [0.3, 0.4) is 0 Å². The lowest BCUT2D eigenvalue weighted by Gasteiger charge is -2.25. The van der Waals surface area contributed by atoms with Crippen molar-refractivity contribution in [1.82, 2.24) is 5.32 Å². The summed E-state index contributed by atoms with van der Waals surface area (Å²) in [6.45, 7) is 0.652. The van der Waals surface area contributed by atoms with E-state index < -0.39 is 43.0 Å². The number of aliphatic hydroxyl groups excluding tert-OH is 5. The Bertz CT molecular complexity index is 566. The molecule has 0 fully saturated rings. The third kappa shape index (κ3) is 8.34. The topological polar surface area (TPSA) is 177 Å². The van der Waals surface area contributed by atoms with Crippen LogP contribution in [0.25, 0.3) is 0 Å². The lowest BCUT2D eigenvalue weighted by Crippen LogP contribution is -2.48. The second-order valence-electron chi connectivity index (χ2n) is 5.25. The maximum atomic E-state index is 10.6. The van der Waals surface area contributed by atoms with E-state index in [0.29, 0.717) is 0 Å². The molecule has 0 radical (unpaired) electrons. The summed E-state index contributed by atoms with van der Waals surface area (Å²) in [4.78, 5) is 21.2. The van der Waals surface area contributed by atoms with Crippen LogP contribution in [-0.4, -0.2) is 87.2 Å². The summed E-state index contributed by atoms with van der Waals surface area (Å²) in [6.07, 6.45) is -5.65. The largest absolute Gasteiger partial charge is 0.478 e. The number of hydrogen-bond donors (Lipinski definition) is 7. The van der Waals surface area contributed by atoms with Crippen molar-refractivity contribution in [2.24, 2.45) is 0 Å². The van der Waals surface area contributed by atoms with Crippen LogP contribution in [0.15, 0.2) is 24.3 Å². The fourth-order valence-corrected chi connectivity index (χ4v) is 1.78. The molecule has 4 atom stereocenters. The van der Waals surface area contributed by atoms with E-state index in [1.807, 2.05) is 0 Å². The monoisotopic (exact) mass is 375 g/mol. The first-order chi connectivity index (χ1) is 12.1. The second-order valence-corrected chi connectivity index (χ2v) is 5.25. The van der Waals surface area contributed by atoms with Gasteiger partial charge < -0.3 is 40.7 Å². The zero-order valence-corrected chi connectivity index (χ0v) is 14.4. The molecular formula is C16H25NO9. The summed E-state index contributed by atoms with van der Waals surface area (Å²) in [5.41, 5.74) is -0.0160. The zero-order valence-electron chi connectivity index (χ0n) is 14.4. The molecule has 7 N–H and O–H groups in total. The molecule has 0 aliphatic rings. The molecule has 0 saturated carbocycles. The number of para-hydroxylation sites is 1. The number of carbonyl (C=O) groups is 2. The van der Waals surface area contributed by atoms with Gasteiger partial charge in [-0.3, -0.25) is 4.79 Å². The first kappa shape index (κ1) is 23.9. The molecular weight excluding hydrogens is 350 g/mol. The van der Waals surface area contributed by atoms with Gasteiger partial charge in [0.25, 0.3) is 0 Å². The highest BCUT2D eigenvalue weighted by Gasteiger charge is 2.29. The number of esters is 1. The highest BCUT2D eigenvalue weighted by atomic mass is 16.5. The van der Waals surface area contributed by atoms with Crippen LogP contribution in [0.5, 0.6) is 5.75 Å². The van der Waals surface area contributed by atoms with Crippen molar-refractivity contribution in [2.75, 3.05) is 20.2 Å². The molecule has 26 heavy (non-hydrogen) atoms. The van der Waals surface area contributed by atoms with Gasteiger partial charge in [0.05, 0.1) is 12.7 Å². The van der Waals surface area contributed by atoms with Crippen LogP contribution in [0.2, 0.25) is 0 Å². The summed E-state index contributed by atoms with van der Waals surface area (Å²) in [6, 6.07) is 5.98. The number of aliphatic hydroxyl groups is 5. The Morgan fingerprint density at radius 3 is 2.08 bits per heavy atom. The summed E-state index contributed by atoms with van der Waals surface area (Å²) < 4.78 is 4.69. The number of carbonyl (C=O) groups excluding carboxylic acids is 1. The van der Waals surface area contributed by atoms with Crippen molar-refractivity contribution in [2.45, 2.75) is 31.3 Å². The second kappa shape index (κ2) is 12.3. The molecule has 0 saturated heterocycles. The molecule has 10 heteroatoms. The van der Waals surface area contributed by atoms with Crippen LogP contribution in [0.1, 0.15) is 17.3 Å². The van der Waals surface area contributed by atoms with Crippen molar-refractivity contribution in [3.63, 3.8) is 0 Å². The molecule has 0 unspecified atom stereocenters. The number of carboxylic acids is 1. The Hall–Kier alpha value is -2.08. The highest BCUT2D eigenvalue weighted by molar-refractivity contribution is 5.91. The summed E-state index contributed by atoms with van der Waals surface area (Å²) in [7, 11) is 1.57. The van der Waals surface area contributed by atoms with Crippen molar-refractivity contribution in [3.8, 4) is 5.75 Å². The van der Waals surface area contributed by atoms with Gasteiger partial charge in [-0.25, -0.2) is 4.79 Å². The number of hydrogen-bond acceptors (Lipinski definition) is 9. The maximum Gasteiger partial charge on any atom is 0.339 e. The van der Waals surface area contributed by atoms with E-state index in [2.05, 4.69) is 10.1 Å². The number of ether oxygens (including phenoxy) is 1. The molecule has 10 nitrogen and oxygen atoms in total. The molecule has 0 spiro atoms. The maximum absolute atomic E-state index is 10.6. The minimum absolute atomic E-state index is 0.0160. The molecule has 0 amide bonds. The Labute approximate surface area is 150 Å². The van der Waals surface area contributed by atoms with Crippen molar-refractivity contribution in [1.29, 1.82) is 0 Å². The molecule has 148 valence electrons. The molecule has 0 aliphatic heterocycles. The van der Waals surface area contributed by atoms with Crippen molar-refractivity contribution in [3.05, 3.63) is 29.8 Å². The van der Waals surface area contributed by atoms with E-state index in [1.165, 1.54) is 19.1 Å². The Morgan fingerprint density at radius 2 is 1.62 bits per heavy atom. The van der Waals surface area contributed by atoms with Gasteiger partial charge in [0.2, 0.25) is 0 Å². The predicted octanol–water partition coefficient (Wildman–Crippen LogP) is -2.05. The number of rotatable bonds is 8. The van der Waals surface area contributed by atoms with Crippen molar-refractivity contribution >= 4 is 11.9 Å². The standard InChI is InChI=1S/C9H8O4.C7H17NO5/c1-6(10)13-8-5-3-2-4-7(8)9(11)12;1-8-2-4(10)6(12)7(13)5(11)3-9/h2-5H,1H3,(H,11,12);4-13H,2-3H2,1H3/t;4-,5+,6+,7+/m.0/s1. The third-order valence-electron chi connectivity index (χ3n) is 3.11. The van der Waals surface area contributed by atoms with E-state index in [4.69, 9.17) is 25.5 Å². The SMILES string of the molecule is CC(=O)Oc1ccccc1C(=O)O.CNC[C@H](O)[C@@H](O)[C@H](O)[C@H](O)CO. The predicted molar refractivity (Wildman–Crippen MR) is 89.8 cm³/mol. The third-order valence-corrected chi connectivity index (χ3v) is 3.11. The number of benzene rings is 1. The molecule has 0 aromatic heterocycles. The number of aromatic carboxylic acids is 1. The summed E-state index contributed by atoms with van der Waals surface area (Å²) >= 11 is 0. The van der Waals surface area contributed by atoms with Crippen LogP contribution in [0, 0.1) is 0 Å². The molecule has 1 aromatic carbocycles. The van der Waals surface area contributed by atoms with E-state index in [0.717, 1.165) is 0 Å². The van der Waals surface area contributed by atoms with Gasteiger partial charge in [0.1, 0.15) is 29.6 Å². The minimum atomic E-state index is -1.55. The van der Waals surface area contributed by atoms with Gasteiger partial charge in [0, 0.05) is 13.5 Å². The summed E-state index contributed by atoms with van der Waals surface area (Å²) in [5, 5.41) is 56.2. The van der Waals surface area contributed by atoms with E-state index in [9.17, 15) is 14.7 Å². The lowest BCUT2D eigenvalue weighted by molar-refractivity contribution is -0.131. The molecule has 0 aliphatic carbocycles. The van der Waals surface area contributed by atoms with Crippen LogP contribution in [0.4, 0.5) is 0 Å². The van der Waals surface area contributed by atoms with Gasteiger partial charge >= 0.3 is 11.9 Å². The Morgan fingerprint density at radius 1 is 1.08 bits per heavy atom. The van der Waals surface area contributed by atoms with Gasteiger partial charge in [-0.1, -0.05) is 12.1 Å². The average Bonchev–Trinajstić information content (AvgIpc) is 2.60. The first-order valence-corrected chi connectivity index (χ1v) is 7.64. The van der Waals surface area contributed by atoms with Gasteiger partial charge in [-0.2, -0.15) is 0 Å². The van der Waals surface area contributed by atoms with E-state index >= 15 is 0 Å². The van der Waals surface area contributed by atoms with Crippen LogP contribution < -0.4 is 10.1 Å². The van der Waals surface area contributed by atoms with E-state index in [-0.39, 0.29) is 17.9 Å². The number of carboxylic acid groups (broad SMARTS) is 1. The van der Waals surface area contributed by atoms with Gasteiger partial charge in [0.15, 0.2) is 0 Å². The fourth-order valence-electron chi connectivity index (χ4n) is 1.78. The summed E-state index contributed by atoms with van der Waals surface area (Å²) in [5.74, 6) is -1.58. The van der Waals surface area contributed by atoms with Crippen molar-refractivity contribution < 1.29 is 45.0 Å². The first-order valence-electron chi connectivity index (χ1n) is 7.64. The smallest absolute Gasteiger partial charge is 0.339 e. The quantitative estimate of drug-likeness (QED) is 0.198. The van der Waals surface area contributed by atoms with Gasteiger partial charge in [-0.15, -0.1) is 0 Å². The van der Waals surface area contributed by atoms with Crippen LogP contribution in [-0.2, 0) is 4.79 Å². The molecule has 1 aromatic rings. The number of likely N-dealkylation sites (N-methyl/N-ethyl adjacent to an activating group) is 1.